The van der Waals surface area contributed by atoms with E-state index in [2.05, 4.69) is 24.8 Å². The standard InChI is InChI=1S/C19H20N6/c1-13-12-14(2)23-19(22-13)25-11-5-7-17(25)15-8-10-21-18(24-15)16-6-3-4-9-20-16/h3-4,6,8-10,12,17H,5,7,11H2,1-2H3. The van der Waals surface area contributed by atoms with Crippen molar-refractivity contribution in [2.75, 3.05) is 11.4 Å². The lowest BCUT2D eigenvalue weighted by atomic mass is 10.1. The van der Waals surface area contributed by atoms with Crippen LogP contribution in [-0.2, 0) is 0 Å². The van der Waals surface area contributed by atoms with Crippen molar-refractivity contribution in [1.82, 2.24) is 24.9 Å². The Morgan fingerprint density at radius 1 is 0.960 bits per heavy atom. The van der Waals surface area contributed by atoms with Crippen LogP contribution in [-0.4, -0.2) is 31.5 Å². The summed E-state index contributed by atoms with van der Waals surface area (Å²) in [5.41, 5.74) is 3.77. The van der Waals surface area contributed by atoms with Gasteiger partial charge in [0.25, 0.3) is 0 Å². The number of hydrogen-bond donors (Lipinski definition) is 0. The van der Waals surface area contributed by atoms with Crippen LogP contribution in [0, 0.1) is 13.8 Å². The summed E-state index contributed by atoms with van der Waals surface area (Å²) in [5, 5.41) is 0. The van der Waals surface area contributed by atoms with Crippen molar-refractivity contribution in [1.29, 1.82) is 0 Å². The Kier molecular flexibility index (Phi) is 4.09. The van der Waals surface area contributed by atoms with Gasteiger partial charge in [-0.1, -0.05) is 6.07 Å². The molecule has 0 spiro atoms. The van der Waals surface area contributed by atoms with E-state index in [1.54, 1.807) is 6.20 Å². The lowest BCUT2D eigenvalue weighted by molar-refractivity contribution is 0.675. The molecule has 6 heteroatoms. The topological polar surface area (TPSA) is 67.7 Å². The van der Waals surface area contributed by atoms with Crippen LogP contribution in [0.25, 0.3) is 11.5 Å². The van der Waals surface area contributed by atoms with Gasteiger partial charge in [0, 0.05) is 30.3 Å². The summed E-state index contributed by atoms with van der Waals surface area (Å²) in [6.45, 7) is 4.96. The van der Waals surface area contributed by atoms with Gasteiger partial charge in [-0.05, 0) is 51.0 Å². The number of anilines is 1. The van der Waals surface area contributed by atoms with E-state index in [0.717, 1.165) is 48.1 Å². The zero-order chi connectivity index (χ0) is 17.2. The Hall–Kier alpha value is -2.89. The summed E-state index contributed by atoms with van der Waals surface area (Å²) in [5.74, 6) is 1.45. The third-order valence-electron chi connectivity index (χ3n) is 4.39. The number of rotatable bonds is 3. The SMILES string of the molecule is Cc1cc(C)nc(N2CCCC2c2ccnc(-c3ccccn3)n2)n1. The van der Waals surface area contributed by atoms with Gasteiger partial charge in [-0.2, -0.15) is 0 Å². The molecule has 0 N–H and O–H groups in total. The minimum Gasteiger partial charge on any atom is -0.332 e. The first-order valence-electron chi connectivity index (χ1n) is 8.54. The van der Waals surface area contributed by atoms with E-state index < -0.39 is 0 Å². The quantitative estimate of drug-likeness (QED) is 0.733. The van der Waals surface area contributed by atoms with Gasteiger partial charge in [-0.15, -0.1) is 0 Å². The summed E-state index contributed by atoms with van der Waals surface area (Å²) < 4.78 is 0. The summed E-state index contributed by atoms with van der Waals surface area (Å²) in [7, 11) is 0. The second-order valence-corrected chi connectivity index (χ2v) is 6.32. The van der Waals surface area contributed by atoms with Crippen molar-refractivity contribution in [2.24, 2.45) is 0 Å². The van der Waals surface area contributed by atoms with Gasteiger partial charge in [0.2, 0.25) is 5.95 Å². The summed E-state index contributed by atoms with van der Waals surface area (Å²) in [6.07, 6.45) is 5.71. The number of hydrogen-bond acceptors (Lipinski definition) is 6. The molecule has 0 amide bonds. The molecule has 1 fully saturated rings. The van der Waals surface area contributed by atoms with E-state index in [9.17, 15) is 0 Å². The van der Waals surface area contributed by atoms with Crippen LogP contribution in [0.3, 0.4) is 0 Å². The molecule has 1 unspecified atom stereocenters. The molecule has 0 saturated carbocycles. The van der Waals surface area contributed by atoms with Crippen LogP contribution in [0.2, 0.25) is 0 Å². The molecular formula is C19H20N6. The van der Waals surface area contributed by atoms with Crippen LogP contribution >= 0.6 is 0 Å². The summed E-state index contributed by atoms with van der Waals surface area (Å²) >= 11 is 0. The van der Waals surface area contributed by atoms with Crippen LogP contribution in [0.4, 0.5) is 5.95 Å². The molecule has 1 aliphatic rings. The predicted molar refractivity (Wildman–Crippen MR) is 96.1 cm³/mol. The van der Waals surface area contributed by atoms with Crippen molar-refractivity contribution in [3.8, 4) is 11.5 Å². The maximum atomic E-state index is 4.77. The fourth-order valence-corrected chi connectivity index (χ4v) is 3.33. The third-order valence-corrected chi connectivity index (χ3v) is 4.39. The van der Waals surface area contributed by atoms with E-state index in [0.29, 0.717) is 5.82 Å². The molecule has 3 aromatic heterocycles. The van der Waals surface area contributed by atoms with Crippen molar-refractivity contribution in [3.63, 3.8) is 0 Å². The third kappa shape index (κ3) is 3.20. The monoisotopic (exact) mass is 332 g/mol. The van der Waals surface area contributed by atoms with Gasteiger partial charge in [-0.3, -0.25) is 4.98 Å². The van der Waals surface area contributed by atoms with Crippen molar-refractivity contribution >= 4 is 5.95 Å². The molecule has 0 radical (unpaired) electrons. The molecule has 1 atom stereocenters. The molecule has 4 rings (SSSR count). The van der Waals surface area contributed by atoms with Gasteiger partial charge in [0.05, 0.1) is 11.7 Å². The Balaban J connectivity index is 1.69. The van der Waals surface area contributed by atoms with Crippen molar-refractivity contribution in [2.45, 2.75) is 32.7 Å². The summed E-state index contributed by atoms with van der Waals surface area (Å²) in [6, 6.07) is 9.92. The van der Waals surface area contributed by atoms with Gasteiger partial charge in [0.15, 0.2) is 5.82 Å². The average Bonchev–Trinajstić information content (AvgIpc) is 3.12. The highest BCUT2D eigenvalue weighted by Gasteiger charge is 2.29. The fraction of sp³-hybridized carbons (Fsp3) is 0.316. The minimum absolute atomic E-state index is 0.173. The lowest BCUT2D eigenvalue weighted by Gasteiger charge is -2.24. The first-order chi connectivity index (χ1) is 12.2. The van der Waals surface area contributed by atoms with E-state index in [1.807, 2.05) is 50.4 Å². The summed E-state index contributed by atoms with van der Waals surface area (Å²) in [4.78, 5) is 25.0. The largest absolute Gasteiger partial charge is 0.332 e. The second kappa shape index (κ2) is 6.55. The van der Waals surface area contributed by atoms with E-state index in [1.165, 1.54) is 0 Å². The highest BCUT2D eigenvalue weighted by Crippen LogP contribution is 2.34. The van der Waals surface area contributed by atoms with Crippen LogP contribution in [0.15, 0.2) is 42.7 Å². The highest BCUT2D eigenvalue weighted by atomic mass is 15.3. The number of pyridine rings is 1. The molecule has 6 nitrogen and oxygen atoms in total. The zero-order valence-corrected chi connectivity index (χ0v) is 14.4. The molecule has 0 aromatic carbocycles. The first-order valence-corrected chi connectivity index (χ1v) is 8.54. The molecule has 126 valence electrons. The van der Waals surface area contributed by atoms with Gasteiger partial charge in [0.1, 0.15) is 5.69 Å². The predicted octanol–water partition coefficient (Wildman–Crippen LogP) is 3.29. The van der Waals surface area contributed by atoms with Crippen LogP contribution < -0.4 is 4.90 Å². The van der Waals surface area contributed by atoms with E-state index in [-0.39, 0.29) is 6.04 Å². The normalized spacial score (nSPS) is 17.0. The smallest absolute Gasteiger partial charge is 0.226 e. The van der Waals surface area contributed by atoms with E-state index >= 15 is 0 Å². The van der Waals surface area contributed by atoms with Gasteiger partial charge < -0.3 is 4.90 Å². The molecule has 0 aliphatic carbocycles. The molecule has 4 heterocycles. The molecule has 0 bridgehead atoms. The molecular weight excluding hydrogens is 312 g/mol. The molecule has 1 saturated heterocycles. The Bertz CT molecular complexity index is 860. The average molecular weight is 332 g/mol. The first kappa shape index (κ1) is 15.6. The van der Waals surface area contributed by atoms with Gasteiger partial charge in [-0.25, -0.2) is 19.9 Å². The van der Waals surface area contributed by atoms with Crippen molar-refractivity contribution < 1.29 is 0 Å². The molecule has 25 heavy (non-hydrogen) atoms. The Morgan fingerprint density at radius 2 is 1.80 bits per heavy atom. The second-order valence-electron chi connectivity index (χ2n) is 6.32. The minimum atomic E-state index is 0.173. The van der Waals surface area contributed by atoms with Crippen LogP contribution in [0.1, 0.15) is 36.0 Å². The van der Waals surface area contributed by atoms with Crippen LogP contribution in [0.5, 0.6) is 0 Å². The van der Waals surface area contributed by atoms with Crippen molar-refractivity contribution in [3.05, 3.63) is 59.8 Å². The number of aryl methyl sites for hydroxylation is 2. The molecule has 3 aromatic rings. The zero-order valence-electron chi connectivity index (χ0n) is 14.4. The lowest BCUT2D eigenvalue weighted by Crippen LogP contribution is -2.26. The maximum Gasteiger partial charge on any atom is 0.226 e. The van der Waals surface area contributed by atoms with E-state index in [4.69, 9.17) is 4.98 Å². The molecule has 1 aliphatic heterocycles. The number of aromatic nitrogens is 5. The fourth-order valence-electron chi connectivity index (χ4n) is 3.33. The highest BCUT2D eigenvalue weighted by molar-refractivity contribution is 5.49. The number of nitrogens with zero attached hydrogens (tertiary/aromatic N) is 6. The van der Waals surface area contributed by atoms with Gasteiger partial charge >= 0.3 is 0 Å². The Morgan fingerprint density at radius 3 is 2.56 bits per heavy atom. The Labute approximate surface area is 147 Å². The maximum absolute atomic E-state index is 4.77.